The average Bonchev–Trinajstić information content (AvgIpc) is 2.54. The molecule has 0 unspecified atom stereocenters. The second kappa shape index (κ2) is 6.63. The van der Waals surface area contributed by atoms with Crippen molar-refractivity contribution in [2.75, 3.05) is 0 Å². The number of fused-ring (bicyclic) bond motifs is 1. The number of halogens is 2. The monoisotopic (exact) mass is 363 g/mol. The molecular weight excluding hydrogens is 353 g/mol. The first-order valence-electron chi connectivity index (χ1n) is 6.96. The van der Waals surface area contributed by atoms with Crippen molar-refractivity contribution < 1.29 is 13.9 Å². The third-order valence-electron chi connectivity index (χ3n) is 3.35. The maximum Gasteiger partial charge on any atom is 0.358 e. The van der Waals surface area contributed by atoms with E-state index in [-0.39, 0.29) is 22.5 Å². The summed E-state index contributed by atoms with van der Waals surface area (Å²) in [7, 11) is 0. The number of esters is 1. The third kappa shape index (κ3) is 3.42. The van der Waals surface area contributed by atoms with Crippen molar-refractivity contribution in [2.24, 2.45) is 0 Å². The summed E-state index contributed by atoms with van der Waals surface area (Å²) < 4.78 is 10.4. The van der Waals surface area contributed by atoms with Crippen LogP contribution in [-0.4, -0.2) is 11.0 Å². The predicted octanol–water partition coefficient (Wildman–Crippen LogP) is 4.16. The lowest BCUT2D eigenvalue weighted by molar-refractivity contribution is 0.0467. The van der Waals surface area contributed by atoms with Gasteiger partial charge in [0.1, 0.15) is 17.3 Å². The van der Waals surface area contributed by atoms with Gasteiger partial charge in [0.25, 0.3) is 0 Å². The van der Waals surface area contributed by atoms with E-state index in [0.717, 1.165) is 5.56 Å². The molecule has 0 spiro atoms. The largest absolute Gasteiger partial charge is 0.456 e. The number of aryl methyl sites for hydroxylation is 1. The fourth-order valence-electron chi connectivity index (χ4n) is 2.23. The summed E-state index contributed by atoms with van der Waals surface area (Å²) in [6.07, 6.45) is 0. The van der Waals surface area contributed by atoms with Crippen molar-refractivity contribution in [2.45, 2.75) is 13.5 Å². The van der Waals surface area contributed by atoms with Crippen molar-refractivity contribution >= 4 is 40.1 Å². The number of hydrogen-bond donors (Lipinski definition) is 0. The first-order chi connectivity index (χ1) is 11.4. The molecular formula is C17H11Cl2NO4. The van der Waals surface area contributed by atoms with Gasteiger partial charge in [0, 0.05) is 17.0 Å². The smallest absolute Gasteiger partial charge is 0.358 e. The van der Waals surface area contributed by atoms with Crippen LogP contribution in [0.5, 0.6) is 0 Å². The second-order valence-electron chi connectivity index (χ2n) is 5.13. The van der Waals surface area contributed by atoms with Crippen LogP contribution in [0.15, 0.2) is 45.6 Å². The van der Waals surface area contributed by atoms with Crippen molar-refractivity contribution in [3.05, 3.63) is 73.8 Å². The molecule has 0 atom stereocenters. The Morgan fingerprint density at radius 3 is 2.79 bits per heavy atom. The Labute approximate surface area is 146 Å². The van der Waals surface area contributed by atoms with Crippen LogP contribution >= 0.6 is 23.2 Å². The number of benzene rings is 1. The molecule has 0 radical (unpaired) electrons. The van der Waals surface area contributed by atoms with E-state index in [1.54, 1.807) is 12.1 Å². The molecule has 3 aromatic rings. The van der Waals surface area contributed by atoms with Crippen molar-refractivity contribution in [1.29, 1.82) is 0 Å². The molecule has 2 heterocycles. The molecule has 0 aliphatic carbocycles. The van der Waals surface area contributed by atoms with E-state index in [9.17, 15) is 9.59 Å². The molecule has 0 saturated carbocycles. The van der Waals surface area contributed by atoms with Crippen LogP contribution in [0.4, 0.5) is 0 Å². The number of hydrogen-bond acceptors (Lipinski definition) is 5. The van der Waals surface area contributed by atoms with Gasteiger partial charge in [-0.05, 0) is 30.7 Å². The van der Waals surface area contributed by atoms with Crippen LogP contribution in [0.25, 0.3) is 11.0 Å². The number of rotatable bonds is 3. The standard InChI is InChI=1S/C17H11Cl2NO4/c1-9-2-3-11-10(7-15(21)24-13(11)6-9)8-23-17(22)16-12(18)4-5-14(19)20-16/h2-7H,8H2,1H3. The molecule has 0 amide bonds. The minimum atomic E-state index is -0.726. The van der Waals surface area contributed by atoms with Crippen molar-refractivity contribution in [3.63, 3.8) is 0 Å². The zero-order valence-electron chi connectivity index (χ0n) is 12.5. The Bertz CT molecular complexity index is 998. The van der Waals surface area contributed by atoms with Gasteiger partial charge in [0.2, 0.25) is 0 Å². The number of carbonyl (C=O) groups is 1. The Morgan fingerprint density at radius 1 is 1.21 bits per heavy atom. The molecule has 0 bridgehead atoms. The van der Waals surface area contributed by atoms with Gasteiger partial charge >= 0.3 is 11.6 Å². The minimum Gasteiger partial charge on any atom is -0.456 e. The SMILES string of the molecule is Cc1ccc2c(COC(=O)c3nc(Cl)ccc3Cl)cc(=O)oc2c1. The highest BCUT2D eigenvalue weighted by Crippen LogP contribution is 2.21. The zero-order valence-corrected chi connectivity index (χ0v) is 14.0. The lowest BCUT2D eigenvalue weighted by Crippen LogP contribution is -2.10. The summed E-state index contributed by atoms with van der Waals surface area (Å²) in [5.74, 6) is -0.726. The zero-order chi connectivity index (χ0) is 17.3. The van der Waals surface area contributed by atoms with Gasteiger partial charge in [-0.1, -0.05) is 35.3 Å². The number of pyridine rings is 1. The highest BCUT2D eigenvalue weighted by molar-refractivity contribution is 6.34. The summed E-state index contributed by atoms with van der Waals surface area (Å²) >= 11 is 11.7. The lowest BCUT2D eigenvalue weighted by atomic mass is 10.1. The maximum absolute atomic E-state index is 12.1. The number of nitrogens with zero attached hydrogens (tertiary/aromatic N) is 1. The van der Waals surface area contributed by atoms with Crippen LogP contribution < -0.4 is 5.63 Å². The van der Waals surface area contributed by atoms with Crippen LogP contribution in [0.3, 0.4) is 0 Å². The average molecular weight is 364 g/mol. The van der Waals surface area contributed by atoms with E-state index in [1.165, 1.54) is 18.2 Å². The topological polar surface area (TPSA) is 69.4 Å². The first-order valence-corrected chi connectivity index (χ1v) is 7.72. The molecule has 0 N–H and O–H groups in total. The first kappa shape index (κ1) is 16.5. The minimum absolute atomic E-state index is 0.0766. The van der Waals surface area contributed by atoms with Gasteiger partial charge in [0.15, 0.2) is 5.69 Å². The molecule has 24 heavy (non-hydrogen) atoms. The van der Waals surface area contributed by atoms with Crippen LogP contribution in [-0.2, 0) is 11.3 Å². The Balaban J connectivity index is 1.89. The summed E-state index contributed by atoms with van der Waals surface area (Å²) in [4.78, 5) is 27.7. The highest BCUT2D eigenvalue weighted by Gasteiger charge is 2.16. The van der Waals surface area contributed by atoms with Gasteiger partial charge in [-0.2, -0.15) is 0 Å². The van der Waals surface area contributed by atoms with E-state index < -0.39 is 11.6 Å². The van der Waals surface area contributed by atoms with Crippen LogP contribution in [0.2, 0.25) is 10.2 Å². The quantitative estimate of drug-likeness (QED) is 0.397. The lowest BCUT2D eigenvalue weighted by Gasteiger charge is -2.08. The number of aromatic nitrogens is 1. The molecule has 0 fully saturated rings. The van der Waals surface area contributed by atoms with E-state index in [1.807, 2.05) is 13.0 Å². The molecule has 122 valence electrons. The second-order valence-corrected chi connectivity index (χ2v) is 5.93. The third-order valence-corrected chi connectivity index (χ3v) is 3.87. The molecule has 5 nitrogen and oxygen atoms in total. The molecule has 3 rings (SSSR count). The molecule has 0 aliphatic rings. The normalized spacial score (nSPS) is 10.8. The van der Waals surface area contributed by atoms with E-state index >= 15 is 0 Å². The molecule has 7 heteroatoms. The van der Waals surface area contributed by atoms with Gasteiger partial charge < -0.3 is 9.15 Å². The van der Waals surface area contributed by atoms with Gasteiger partial charge in [-0.15, -0.1) is 0 Å². The molecule has 0 aliphatic heterocycles. The summed E-state index contributed by atoms with van der Waals surface area (Å²) in [6, 6.07) is 9.65. The maximum atomic E-state index is 12.1. The van der Waals surface area contributed by atoms with Crippen molar-refractivity contribution in [3.8, 4) is 0 Å². The number of ether oxygens (including phenoxy) is 1. The fourth-order valence-corrected chi connectivity index (χ4v) is 2.56. The highest BCUT2D eigenvalue weighted by atomic mass is 35.5. The van der Waals surface area contributed by atoms with Gasteiger partial charge in [-0.3, -0.25) is 0 Å². The molecule has 1 aromatic carbocycles. The summed E-state index contributed by atoms with van der Waals surface area (Å²) in [6.45, 7) is 1.77. The Hall–Kier alpha value is -2.37. The summed E-state index contributed by atoms with van der Waals surface area (Å²) in [5, 5.41) is 0.961. The van der Waals surface area contributed by atoms with Crippen molar-refractivity contribution in [1.82, 2.24) is 4.98 Å². The van der Waals surface area contributed by atoms with Gasteiger partial charge in [-0.25, -0.2) is 14.6 Å². The van der Waals surface area contributed by atoms with Crippen LogP contribution in [0, 0.1) is 6.92 Å². The predicted molar refractivity (Wildman–Crippen MR) is 90.6 cm³/mol. The summed E-state index contributed by atoms with van der Waals surface area (Å²) in [5.41, 5.74) is 1.33. The van der Waals surface area contributed by atoms with E-state index in [0.29, 0.717) is 16.5 Å². The Kier molecular flexibility index (Phi) is 4.55. The van der Waals surface area contributed by atoms with Gasteiger partial charge in [0.05, 0.1) is 5.02 Å². The molecule has 2 aromatic heterocycles. The fraction of sp³-hybridized carbons (Fsp3) is 0.118. The van der Waals surface area contributed by atoms with E-state index in [2.05, 4.69) is 4.98 Å². The van der Waals surface area contributed by atoms with E-state index in [4.69, 9.17) is 32.4 Å². The number of carbonyl (C=O) groups excluding carboxylic acids is 1. The van der Waals surface area contributed by atoms with Crippen LogP contribution in [0.1, 0.15) is 21.6 Å². The molecule has 0 saturated heterocycles. The Morgan fingerprint density at radius 2 is 2.00 bits per heavy atom.